The summed E-state index contributed by atoms with van der Waals surface area (Å²) in [4.78, 5) is 0. The molecule has 1 aliphatic rings. The molecule has 0 saturated carbocycles. The molecular formula is C22H30O4. The van der Waals surface area contributed by atoms with Crippen molar-refractivity contribution in [3.05, 3.63) is 65.8 Å². The number of hydrogen-bond donors (Lipinski definition) is 1. The third-order valence-corrected chi connectivity index (χ3v) is 4.40. The van der Waals surface area contributed by atoms with E-state index < -0.39 is 6.10 Å². The molecule has 142 valence electrons. The van der Waals surface area contributed by atoms with E-state index >= 15 is 0 Å². The monoisotopic (exact) mass is 358 g/mol. The van der Waals surface area contributed by atoms with Crippen LogP contribution >= 0.6 is 0 Å². The fourth-order valence-corrected chi connectivity index (χ4v) is 2.76. The second-order valence-corrected chi connectivity index (χ2v) is 6.50. The van der Waals surface area contributed by atoms with Crippen molar-refractivity contribution in [2.75, 3.05) is 13.7 Å². The summed E-state index contributed by atoms with van der Waals surface area (Å²) in [6.45, 7) is 5.14. The fraction of sp³-hybridized carbons (Fsp3) is 0.455. The van der Waals surface area contributed by atoms with Gasteiger partial charge in [0, 0.05) is 0 Å². The van der Waals surface area contributed by atoms with Gasteiger partial charge in [-0.1, -0.05) is 48.1 Å². The Morgan fingerprint density at radius 2 is 2.08 bits per heavy atom. The number of hydrogen-bond acceptors (Lipinski definition) is 4. The van der Waals surface area contributed by atoms with Crippen LogP contribution in [0.4, 0.5) is 0 Å². The Morgan fingerprint density at radius 1 is 1.31 bits per heavy atom. The molecule has 1 aromatic carbocycles. The van der Waals surface area contributed by atoms with Crippen molar-refractivity contribution in [2.45, 2.75) is 51.6 Å². The van der Waals surface area contributed by atoms with Crippen LogP contribution in [0.5, 0.6) is 5.75 Å². The molecule has 1 N–H and O–H groups in total. The molecule has 1 aromatic rings. The van der Waals surface area contributed by atoms with E-state index in [9.17, 15) is 5.11 Å². The second kappa shape index (κ2) is 11.0. The zero-order valence-electron chi connectivity index (χ0n) is 15.9. The topological polar surface area (TPSA) is 47.9 Å². The van der Waals surface area contributed by atoms with Crippen molar-refractivity contribution in [1.82, 2.24) is 0 Å². The number of aliphatic hydroxyl groups excluding tert-OH is 1. The van der Waals surface area contributed by atoms with Gasteiger partial charge in [0.15, 0.2) is 0 Å². The van der Waals surface area contributed by atoms with Gasteiger partial charge in [-0.15, -0.1) is 0 Å². The molecular weight excluding hydrogens is 328 g/mol. The predicted molar refractivity (Wildman–Crippen MR) is 104 cm³/mol. The maximum absolute atomic E-state index is 10.6. The minimum Gasteiger partial charge on any atom is -0.497 e. The number of aliphatic hydroxyl groups is 1. The smallest absolute Gasteiger partial charge is 0.118 e. The number of methoxy groups -OCH3 is 1. The molecule has 0 saturated heterocycles. The van der Waals surface area contributed by atoms with E-state index in [1.165, 1.54) is 5.57 Å². The van der Waals surface area contributed by atoms with Crippen LogP contribution in [-0.2, 0) is 16.1 Å². The van der Waals surface area contributed by atoms with E-state index in [0.29, 0.717) is 19.6 Å². The molecule has 4 nitrogen and oxygen atoms in total. The molecule has 0 amide bonds. The number of ether oxygens (including phenoxy) is 3. The number of benzene rings is 1. The summed E-state index contributed by atoms with van der Waals surface area (Å²) in [7, 11) is 1.65. The van der Waals surface area contributed by atoms with Gasteiger partial charge in [-0.05, 0) is 44.4 Å². The SMILES string of the molecule is C/C=C/C[C@H](OCc1ccc(OC)cc1)C(O)/C=C/[C@@H]1CC(C)=CCO1. The Kier molecular flexibility index (Phi) is 8.62. The first-order valence-corrected chi connectivity index (χ1v) is 9.11. The first-order chi connectivity index (χ1) is 12.6. The van der Waals surface area contributed by atoms with Gasteiger partial charge >= 0.3 is 0 Å². The van der Waals surface area contributed by atoms with Crippen LogP contribution in [0, 0.1) is 0 Å². The Bertz CT molecular complexity index is 616. The van der Waals surface area contributed by atoms with Gasteiger partial charge in [0.1, 0.15) is 5.75 Å². The van der Waals surface area contributed by atoms with Gasteiger partial charge in [-0.3, -0.25) is 0 Å². The molecule has 1 unspecified atom stereocenters. The summed E-state index contributed by atoms with van der Waals surface area (Å²) in [5, 5.41) is 10.6. The van der Waals surface area contributed by atoms with E-state index in [1.807, 2.05) is 49.4 Å². The van der Waals surface area contributed by atoms with Gasteiger partial charge in [0.05, 0.1) is 38.6 Å². The highest BCUT2D eigenvalue weighted by atomic mass is 16.5. The van der Waals surface area contributed by atoms with E-state index in [4.69, 9.17) is 14.2 Å². The maximum Gasteiger partial charge on any atom is 0.118 e. The van der Waals surface area contributed by atoms with Crippen LogP contribution < -0.4 is 4.74 Å². The van der Waals surface area contributed by atoms with Crippen LogP contribution in [-0.4, -0.2) is 37.1 Å². The van der Waals surface area contributed by atoms with Crippen LogP contribution in [0.25, 0.3) is 0 Å². The molecule has 0 radical (unpaired) electrons. The summed E-state index contributed by atoms with van der Waals surface area (Å²) < 4.78 is 16.8. The van der Waals surface area contributed by atoms with Gasteiger partial charge in [0.2, 0.25) is 0 Å². The van der Waals surface area contributed by atoms with E-state index in [2.05, 4.69) is 13.0 Å². The highest BCUT2D eigenvalue weighted by Crippen LogP contribution is 2.18. The summed E-state index contributed by atoms with van der Waals surface area (Å²) in [6, 6.07) is 7.76. The largest absolute Gasteiger partial charge is 0.497 e. The minimum atomic E-state index is -0.681. The van der Waals surface area contributed by atoms with E-state index in [0.717, 1.165) is 17.7 Å². The predicted octanol–water partition coefficient (Wildman–Crippen LogP) is 4.20. The first-order valence-electron chi connectivity index (χ1n) is 9.11. The van der Waals surface area contributed by atoms with Crippen LogP contribution in [0.3, 0.4) is 0 Å². The summed E-state index contributed by atoms with van der Waals surface area (Å²) in [6.07, 6.45) is 10.4. The molecule has 4 heteroatoms. The second-order valence-electron chi connectivity index (χ2n) is 6.50. The molecule has 0 aliphatic carbocycles. The van der Waals surface area contributed by atoms with Gasteiger partial charge in [-0.2, -0.15) is 0 Å². The van der Waals surface area contributed by atoms with Crippen molar-refractivity contribution in [3.63, 3.8) is 0 Å². The van der Waals surface area contributed by atoms with Crippen molar-refractivity contribution < 1.29 is 19.3 Å². The van der Waals surface area contributed by atoms with Crippen molar-refractivity contribution in [2.24, 2.45) is 0 Å². The lowest BCUT2D eigenvalue weighted by Gasteiger charge is -2.22. The Labute approximate surface area is 156 Å². The molecule has 3 atom stereocenters. The highest BCUT2D eigenvalue weighted by Gasteiger charge is 2.18. The Balaban J connectivity index is 1.92. The van der Waals surface area contributed by atoms with Crippen LogP contribution in [0.1, 0.15) is 32.3 Å². The molecule has 1 heterocycles. The summed E-state index contributed by atoms with van der Waals surface area (Å²) in [5.74, 6) is 0.819. The van der Waals surface area contributed by atoms with Crippen molar-refractivity contribution in [3.8, 4) is 5.75 Å². The maximum atomic E-state index is 10.6. The van der Waals surface area contributed by atoms with Gasteiger partial charge in [0.25, 0.3) is 0 Å². The lowest BCUT2D eigenvalue weighted by atomic mass is 10.0. The lowest BCUT2D eigenvalue weighted by Crippen LogP contribution is -2.27. The third-order valence-electron chi connectivity index (χ3n) is 4.40. The number of allylic oxidation sites excluding steroid dienone is 1. The first kappa shape index (κ1) is 20.4. The van der Waals surface area contributed by atoms with Gasteiger partial charge in [-0.25, -0.2) is 0 Å². The third kappa shape index (κ3) is 6.79. The van der Waals surface area contributed by atoms with Crippen molar-refractivity contribution >= 4 is 0 Å². The quantitative estimate of drug-likeness (QED) is 0.672. The standard InChI is InChI=1S/C22H30O4/c1-4-5-6-22(26-16-18-7-9-19(24-3)10-8-18)21(23)12-11-20-15-17(2)13-14-25-20/h4-5,7-13,20-23H,6,14-16H2,1-3H3/b5-4+,12-11+/t20-,21?,22+/m1/s1. The molecule has 0 aromatic heterocycles. The Morgan fingerprint density at radius 3 is 2.73 bits per heavy atom. The average molecular weight is 358 g/mol. The highest BCUT2D eigenvalue weighted by molar-refractivity contribution is 5.26. The fourth-order valence-electron chi connectivity index (χ4n) is 2.76. The zero-order chi connectivity index (χ0) is 18.8. The zero-order valence-corrected chi connectivity index (χ0v) is 15.9. The van der Waals surface area contributed by atoms with Gasteiger partial charge < -0.3 is 19.3 Å². The van der Waals surface area contributed by atoms with Crippen LogP contribution in [0.2, 0.25) is 0 Å². The summed E-state index contributed by atoms with van der Waals surface area (Å²) in [5.41, 5.74) is 2.37. The Hall–Kier alpha value is -1.88. The molecule has 0 bridgehead atoms. The number of rotatable bonds is 9. The lowest BCUT2D eigenvalue weighted by molar-refractivity contribution is -0.0251. The molecule has 2 rings (SSSR count). The molecule has 1 aliphatic heterocycles. The molecule has 0 spiro atoms. The summed E-state index contributed by atoms with van der Waals surface area (Å²) >= 11 is 0. The normalized spacial score (nSPS) is 20.3. The molecule has 26 heavy (non-hydrogen) atoms. The average Bonchev–Trinajstić information content (AvgIpc) is 2.66. The van der Waals surface area contributed by atoms with Crippen LogP contribution in [0.15, 0.2) is 60.2 Å². The van der Waals surface area contributed by atoms with E-state index in [1.54, 1.807) is 13.2 Å². The van der Waals surface area contributed by atoms with E-state index in [-0.39, 0.29) is 12.2 Å². The minimum absolute atomic E-state index is 0.0265. The molecule has 0 fully saturated rings. The van der Waals surface area contributed by atoms with Crippen molar-refractivity contribution in [1.29, 1.82) is 0 Å².